The molecule has 0 saturated heterocycles. The summed E-state index contributed by atoms with van der Waals surface area (Å²) in [4.78, 5) is 30.9. The van der Waals surface area contributed by atoms with Gasteiger partial charge in [0.25, 0.3) is 5.56 Å². The third-order valence-corrected chi connectivity index (χ3v) is 6.21. The molecule has 0 atom stereocenters. The van der Waals surface area contributed by atoms with E-state index < -0.39 is 11.5 Å². The van der Waals surface area contributed by atoms with E-state index in [0.29, 0.717) is 50.5 Å². The number of esters is 1. The lowest BCUT2D eigenvalue weighted by atomic mass is 9.95. The normalized spacial score (nSPS) is 10.8. The SMILES string of the molecule is CNn1c(C(=O)OC)c(-c2cc(OC)c(C)c(OC)c2)c2ccc(OCc3cccc(CO)n3)cc2c1=O. The molecule has 0 aliphatic carbocycles. The topological polar surface area (TPSA) is 121 Å². The molecular formula is C28H29N3O7. The van der Waals surface area contributed by atoms with Crippen molar-refractivity contribution in [1.82, 2.24) is 9.66 Å². The number of aliphatic hydroxyl groups excluding tert-OH is 1. The van der Waals surface area contributed by atoms with Crippen molar-refractivity contribution < 1.29 is 28.8 Å². The minimum absolute atomic E-state index is 0.0270. The average Bonchev–Trinajstić information content (AvgIpc) is 2.95. The number of methoxy groups -OCH3 is 3. The molecule has 0 radical (unpaired) electrons. The number of carbonyl (C=O) groups is 1. The van der Waals surface area contributed by atoms with E-state index in [4.69, 9.17) is 18.9 Å². The van der Waals surface area contributed by atoms with Gasteiger partial charge in [0.15, 0.2) is 5.69 Å². The Kier molecular flexibility index (Phi) is 7.82. The van der Waals surface area contributed by atoms with Crippen LogP contribution in [0.3, 0.4) is 0 Å². The first-order chi connectivity index (χ1) is 18.4. The number of rotatable bonds is 9. The minimum atomic E-state index is -0.693. The van der Waals surface area contributed by atoms with Gasteiger partial charge in [0.1, 0.15) is 23.9 Å². The van der Waals surface area contributed by atoms with Crippen LogP contribution >= 0.6 is 0 Å². The molecule has 4 rings (SSSR count). The molecule has 4 aromatic rings. The zero-order valence-electron chi connectivity index (χ0n) is 21.8. The summed E-state index contributed by atoms with van der Waals surface area (Å²) in [6, 6.07) is 13.9. The molecule has 2 aromatic carbocycles. The van der Waals surface area contributed by atoms with Gasteiger partial charge in [0, 0.05) is 18.2 Å². The largest absolute Gasteiger partial charge is 0.496 e. The van der Waals surface area contributed by atoms with Crippen molar-refractivity contribution in [1.29, 1.82) is 0 Å². The summed E-state index contributed by atoms with van der Waals surface area (Å²) in [5, 5.41) is 10.2. The molecule has 10 heteroatoms. The maximum absolute atomic E-state index is 13.5. The van der Waals surface area contributed by atoms with Gasteiger partial charge in [-0.15, -0.1) is 0 Å². The Balaban J connectivity index is 1.94. The number of aromatic nitrogens is 2. The molecule has 0 unspecified atom stereocenters. The molecular weight excluding hydrogens is 490 g/mol. The molecule has 0 aliphatic heterocycles. The molecule has 0 aliphatic rings. The Labute approximate surface area is 219 Å². The number of nitrogens with zero attached hydrogens (tertiary/aromatic N) is 2. The van der Waals surface area contributed by atoms with Crippen LogP contribution in [0.15, 0.2) is 53.3 Å². The average molecular weight is 520 g/mol. The maximum atomic E-state index is 13.5. The molecule has 2 N–H and O–H groups in total. The lowest BCUT2D eigenvalue weighted by Crippen LogP contribution is -2.33. The molecule has 0 bridgehead atoms. The zero-order valence-corrected chi connectivity index (χ0v) is 21.8. The van der Waals surface area contributed by atoms with Crippen LogP contribution in [-0.2, 0) is 18.0 Å². The summed E-state index contributed by atoms with van der Waals surface area (Å²) in [5.74, 6) is 0.859. The standard InChI is InChI=1S/C28H29N3O7/c1-16-23(35-3)11-17(12-24(16)36-4)25-21-10-9-20(38-15-19-8-6-7-18(14-32)30-19)13-22(21)27(33)31(29-2)26(25)28(34)37-5/h6-13,29,32H,14-15H2,1-5H3. The molecule has 2 aromatic heterocycles. The van der Waals surface area contributed by atoms with E-state index in [0.717, 1.165) is 10.2 Å². The lowest BCUT2D eigenvalue weighted by Gasteiger charge is -2.20. The van der Waals surface area contributed by atoms with E-state index in [1.54, 1.807) is 69.8 Å². The van der Waals surface area contributed by atoms with Crippen molar-refractivity contribution in [2.75, 3.05) is 33.8 Å². The highest BCUT2D eigenvalue weighted by Gasteiger charge is 2.25. The van der Waals surface area contributed by atoms with E-state index in [-0.39, 0.29) is 18.9 Å². The number of pyridine rings is 2. The van der Waals surface area contributed by atoms with E-state index in [1.165, 1.54) is 7.11 Å². The number of ether oxygens (including phenoxy) is 4. The number of aliphatic hydroxyl groups is 1. The second kappa shape index (κ2) is 11.2. The van der Waals surface area contributed by atoms with E-state index in [9.17, 15) is 14.7 Å². The molecule has 10 nitrogen and oxygen atoms in total. The van der Waals surface area contributed by atoms with Crippen LogP contribution in [0.25, 0.3) is 21.9 Å². The van der Waals surface area contributed by atoms with Crippen LogP contribution in [0.4, 0.5) is 0 Å². The van der Waals surface area contributed by atoms with Gasteiger partial charge in [-0.1, -0.05) is 6.07 Å². The highest BCUT2D eigenvalue weighted by Crippen LogP contribution is 2.39. The van der Waals surface area contributed by atoms with Crippen molar-refractivity contribution in [2.45, 2.75) is 20.1 Å². The van der Waals surface area contributed by atoms with Crippen LogP contribution in [0, 0.1) is 6.92 Å². The van der Waals surface area contributed by atoms with E-state index >= 15 is 0 Å². The minimum Gasteiger partial charge on any atom is -0.496 e. The third-order valence-electron chi connectivity index (χ3n) is 6.21. The van der Waals surface area contributed by atoms with Crippen LogP contribution in [-0.4, -0.2) is 49.1 Å². The highest BCUT2D eigenvalue weighted by atomic mass is 16.5. The summed E-state index contributed by atoms with van der Waals surface area (Å²) in [5.41, 5.74) is 5.39. The quantitative estimate of drug-likeness (QED) is 0.320. The smallest absolute Gasteiger partial charge is 0.357 e. The Hall–Kier alpha value is -4.57. The van der Waals surface area contributed by atoms with E-state index in [1.807, 2.05) is 6.92 Å². The second-order valence-corrected chi connectivity index (χ2v) is 8.36. The van der Waals surface area contributed by atoms with Gasteiger partial charge in [-0.05, 0) is 60.3 Å². The summed E-state index contributed by atoms with van der Waals surface area (Å²) in [6.45, 7) is 1.83. The molecule has 38 heavy (non-hydrogen) atoms. The lowest BCUT2D eigenvalue weighted by molar-refractivity contribution is 0.0590. The van der Waals surface area contributed by atoms with Crippen molar-refractivity contribution in [3.05, 3.63) is 81.5 Å². The second-order valence-electron chi connectivity index (χ2n) is 8.36. The summed E-state index contributed by atoms with van der Waals surface area (Å²) >= 11 is 0. The van der Waals surface area contributed by atoms with Gasteiger partial charge < -0.3 is 29.5 Å². The highest BCUT2D eigenvalue weighted by molar-refractivity contribution is 6.07. The fourth-order valence-corrected chi connectivity index (χ4v) is 4.35. The number of benzene rings is 2. The molecule has 0 saturated carbocycles. The van der Waals surface area contributed by atoms with Crippen LogP contribution < -0.4 is 25.2 Å². The van der Waals surface area contributed by atoms with Crippen LogP contribution in [0.1, 0.15) is 27.4 Å². The first kappa shape index (κ1) is 26.5. The Morgan fingerprint density at radius 3 is 2.29 bits per heavy atom. The third kappa shape index (κ3) is 4.85. The van der Waals surface area contributed by atoms with Crippen molar-refractivity contribution in [2.24, 2.45) is 0 Å². The predicted molar refractivity (Wildman–Crippen MR) is 143 cm³/mol. The summed E-state index contributed by atoms with van der Waals surface area (Å²) in [7, 11) is 5.90. The van der Waals surface area contributed by atoms with Crippen molar-refractivity contribution >= 4 is 16.7 Å². The fraction of sp³-hybridized carbons (Fsp3) is 0.250. The Bertz CT molecular complexity index is 1540. The fourth-order valence-electron chi connectivity index (χ4n) is 4.35. The first-order valence-electron chi connectivity index (χ1n) is 11.8. The monoisotopic (exact) mass is 519 g/mol. The summed E-state index contributed by atoms with van der Waals surface area (Å²) in [6.07, 6.45) is 0. The molecule has 198 valence electrons. The molecule has 0 spiro atoms. The Morgan fingerprint density at radius 2 is 1.68 bits per heavy atom. The Morgan fingerprint density at radius 1 is 1.00 bits per heavy atom. The number of hydrogen-bond donors (Lipinski definition) is 2. The molecule has 0 amide bonds. The number of hydrogen-bond acceptors (Lipinski definition) is 9. The van der Waals surface area contributed by atoms with Gasteiger partial charge in [0.05, 0.1) is 44.7 Å². The molecule has 0 fully saturated rings. The van der Waals surface area contributed by atoms with Gasteiger partial charge in [-0.3, -0.25) is 9.78 Å². The first-order valence-corrected chi connectivity index (χ1v) is 11.8. The van der Waals surface area contributed by atoms with E-state index in [2.05, 4.69) is 10.4 Å². The van der Waals surface area contributed by atoms with Crippen molar-refractivity contribution in [3.8, 4) is 28.4 Å². The van der Waals surface area contributed by atoms with Gasteiger partial charge in [-0.25, -0.2) is 9.47 Å². The summed E-state index contributed by atoms with van der Waals surface area (Å²) < 4.78 is 23.2. The predicted octanol–water partition coefficient (Wildman–Crippen LogP) is 3.42. The van der Waals surface area contributed by atoms with Crippen LogP contribution in [0.2, 0.25) is 0 Å². The van der Waals surface area contributed by atoms with Crippen LogP contribution in [0.5, 0.6) is 17.2 Å². The van der Waals surface area contributed by atoms with Gasteiger partial charge >= 0.3 is 5.97 Å². The van der Waals surface area contributed by atoms with Crippen molar-refractivity contribution in [3.63, 3.8) is 0 Å². The molecule has 2 heterocycles. The maximum Gasteiger partial charge on any atom is 0.357 e. The zero-order chi connectivity index (χ0) is 27.4. The number of fused-ring (bicyclic) bond motifs is 1. The van der Waals surface area contributed by atoms with Gasteiger partial charge in [-0.2, -0.15) is 0 Å². The number of carbonyl (C=O) groups excluding carboxylic acids is 1. The number of nitrogens with one attached hydrogen (secondary N) is 1. The van der Waals surface area contributed by atoms with Gasteiger partial charge in [0.2, 0.25) is 0 Å².